The second-order valence-corrected chi connectivity index (χ2v) is 9.01. The zero-order valence-corrected chi connectivity index (χ0v) is 16.8. The molecule has 1 aromatic rings. The monoisotopic (exact) mass is 340 g/mol. The first-order valence-electron chi connectivity index (χ1n) is 11.4. The van der Waals surface area contributed by atoms with Gasteiger partial charge in [0.25, 0.3) is 0 Å². The first-order valence-corrected chi connectivity index (χ1v) is 11.4. The lowest BCUT2D eigenvalue weighted by Gasteiger charge is -2.30. The van der Waals surface area contributed by atoms with Gasteiger partial charge in [-0.3, -0.25) is 0 Å². The summed E-state index contributed by atoms with van der Waals surface area (Å²) in [6, 6.07) is 9.89. The quantitative estimate of drug-likeness (QED) is 0.438. The van der Waals surface area contributed by atoms with Crippen LogP contribution < -0.4 is 0 Å². The first kappa shape index (κ1) is 19.0. The van der Waals surface area contributed by atoms with Gasteiger partial charge in [0.2, 0.25) is 0 Å². The van der Waals surface area contributed by atoms with E-state index in [2.05, 4.69) is 38.1 Å². The van der Waals surface area contributed by atoms with Gasteiger partial charge in [-0.1, -0.05) is 70.2 Å². The fourth-order valence-electron chi connectivity index (χ4n) is 5.41. The van der Waals surface area contributed by atoms with E-state index in [1.165, 1.54) is 83.5 Å². The molecule has 2 aliphatic rings. The highest BCUT2D eigenvalue weighted by Gasteiger charge is 2.24. The Hall–Kier alpha value is -0.780. The zero-order chi connectivity index (χ0) is 17.5. The zero-order valence-electron chi connectivity index (χ0n) is 16.8. The van der Waals surface area contributed by atoms with Crippen LogP contribution in [0.15, 0.2) is 24.3 Å². The number of benzene rings is 1. The Bertz CT molecular complexity index is 469. The summed E-state index contributed by atoms with van der Waals surface area (Å²) < 4.78 is 0. The molecule has 0 radical (unpaired) electrons. The van der Waals surface area contributed by atoms with Gasteiger partial charge in [0.1, 0.15) is 0 Å². The average molecular weight is 341 g/mol. The molecule has 1 aromatic carbocycles. The lowest BCUT2D eigenvalue weighted by molar-refractivity contribution is 0.302. The molecule has 3 rings (SSSR count). The van der Waals surface area contributed by atoms with Crippen LogP contribution in [-0.2, 0) is 0 Å². The van der Waals surface area contributed by atoms with E-state index in [1.54, 1.807) is 11.1 Å². The molecule has 0 unspecified atom stereocenters. The summed E-state index contributed by atoms with van der Waals surface area (Å²) in [5.41, 5.74) is 3.24. The van der Waals surface area contributed by atoms with Crippen molar-refractivity contribution in [3.8, 4) is 0 Å². The molecule has 0 amide bonds. The average Bonchev–Trinajstić information content (AvgIpc) is 2.69. The largest absolute Gasteiger partial charge is 0.0654 e. The third-order valence-electron chi connectivity index (χ3n) is 7.37. The predicted octanol–water partition coefficient (Wildman–Crippen LogP) is 8.22. The normalized spacial score (nSPS) is 30.3. The lowest BCUT2D eigenvalue weighted by atomic mass is 9.75. The van der Waals surface area contributed by atoms with E-state index in [4.69, 9.17) is 0 Å². The van der Waals surface area contributed by atoms with Crippen LogP contribution in [0.2, 0.25) is 0 Å². The van der Waals surface area contributed by atoms with Gasteiger partial charge in [0, 0.05) is 0 Å². The molecule has 2 fully saturated rings. The summed E-state index contributed by atoms with van der Waals surface area (Å²) in [7, 11) is 0. The van der Waals surface area contributed by atoms with Crippen LogP contribution in [0, 0.1) is 11.8 Å². The van der Waals surface area contributed by atoms with Crippen LogP contribution in [0.1, 0.15) is 120 Å². The predicted molar refractivity (Wildman–Crippen MR) is 110 cm³/mol. The van der Waals surface area contributed by atoms with Crippen LogP contribution >= 0.6 is 0 Å². The Balaban J connectivity index is 1.47. The smallest absolute Gasteiger partial charge is 0.0162 e. The van der Waals surface area contributed by atoms with E-state index in [1.807, 2.05) is 0 Å². The fourth-order valence-corrected chi connectivity index (χ4v) is 5.41. The Morgan fingerprint density at radius 1 is 0.640 bits per heavy atom. The van der Waals surface area contributed by atoms with Gasteiger partial charge in [-0.2, -0.15) is 0 Å². The third kappa shape index (κ3) is 5.35. The van der Waals surface area contributed by atoms with Crippen molar-refractivity contribution < 1.29 is 0 Å². The molecule has 0 bridgehead atoms. The molecule has 0 saturated heterocycles. The topological polar surface area (TPSA) is 0 Å². The van der Waals surface area contributed by atoms with Crippen molar-refractivity contribution in [2.75, 3.05) is 0 Å². The van der Waals surface area contributed by atoms with Crippen LogP contribution in [0.5, 0.6) is 0 Å². The molecule has 0 nitrogen and oxygen atoms in total. The number of unbranched alkanes of at least 4 members (excludes halogenated alkanes) is 2. The Labute approximate surface area is 156 Å². The minimum Gasteiger partial charge on any atom is -0.0654 e. The van der Waals surface area contributed by atoms with Crippen molar-refractivity contribution in [1.82, 2.24) is 0 Å². The molecule has 2 aliphatic carbocycles. The summed E-state index contributed by atoms with van der Waals surface area (Å²) in [6.07, 6.45) is 18.7. The maximum absolute atomic E-state index is 2.48. The van der Waals surface area contributed by atoms with E-state index in [0.29, 0.717) is 0 Å². The van der Waals surface area contributed by atoms with Crippen molar-refractivity contribution in [2.45, 2.75) is 109 Å². The molecule has 0 heterocycles. The maximum atomic E-state index is 2.48. The molecular formula is C25H40. The summed E-state index contributed by atoms with van der Waals surface area (Å²) in [5, 5.41) is 0. The van der Waals surface area contributed by atoms with Crippen LogP contribution in [-0.4, -0.2) is 0 Å². The van der Waals surface area contributed by atoms with Crippen LogP contribution in [0.25, 0.3) is 0 Å². The summed E-state index contributed by atoms with van der Waals surface area (Å²) in [4.78, 5) is 0. The van der Waals surface area contributed by atoms with Gasteiger partial charge in [-0.25, -0.2) is 0 Å². The number of hydrogen-bond acceptors (Lipinski definition) is 0. The molecule has 140 valence electrons. The molecular weight excluding hydrogens is 300 g/mol. The fraction of sp³-hybridized carbons (Fsp3) is 0.760. The maximum Gasteiger partial charge on any atom is -0.0162 e. The summed E-state index contributed by atoms with van der Waals surface area (Å²) >= 11 is 0. The van der Waals surface area contributed by atoms with Gasteiger partial charge >= 0.3 is 0 Å². The third-order valence-corrected chi connectivity index (χ3v) is 7.37. The molecule has 2 saturated carbocycles. The highest BCUT2D eigenvalue weighted by atomic mass is 14.3. The second kappa shape index (κ2) is 9.79. The van der Waals surface area contributed by atoms with Gasteiger partial charge in [-0.05, 0) is 86.2 Å². The molecule has 25 heavy (non-hydrogen) atoms. The molecule has 0 spiro atoms. The van der Waals surface area contributed by atoms with E-state index in [0.717, 1.165) is 23.7 Å². The molecule has 0 heteroatoms. The standard InChI is InChI=1S/C25H40/c1-3-5-6-7-21-10-14-23(15-11-21)25-18-16-24(17-19-25)22-12-8-20(4-2)9-13-22/h16-23H,3-15H2,1-2H3. The van der Waals surface area contributed by atoms with Crippen LogP contribution in [0.4, 0.5) is 0 Å². The van der Waals surface area contributed by atoms with Crippen molar-refractivity contribution in [1.29, 1.82) is 0 Å². The first-order chi connectivity index (χ1) is 12.3. The second-order valence-electron chi connectivity index (χ2n) is 9.01. The highest BCUT2D eigenvalue weighted by Crippen LogP contribution is 2.40. The Morgan fingerprint density at radius 3 is 1.56 bits per heavy atom. The Kier molecular flexibility index (Phi) is 7.44. The molecule has 0 atom stereocenters. The summed E-state index contributed by atoms with van der Waals surface area (Å²) in [5.74, 6) is 3.71. The van der Waals surface area contributed by atoms with Gasteiger partial charge in [-0.15, -0.1) is 0 Å². The van der Waals surface area contributed by atoms with Crippen molar-refractivity contribution in [2.24, 2.45) is 11.8 Å². The minimum atomic E-state index is 0.839. The van der Waals surface area contributed by atoms with E-state index in [-0.39, 0.29) is 0 Å². The van der Waals surface area contributed by atoms with Gasteiger partial charge < -0.3 is 0 Å². The van der Waals surface area contributed by atoms with Crippen molar-refractivity contribution >= 4 is 0 Å². The Morgan fingerprint density at radius 2 is 1.12 bits per heavy atom. The minimum absolute atomic E-state index is 0.839. The van der Waals surface area contributed by atoms with Crippen molar-refractivity contribution in [3.05, 3.63) is 35.4 Å². The van der Waals surface area contributed by atoms with Crippen LogP contribution in [0.3, 0.4) is 0 Å². The van der Waals surface area contributed by atoms with E-state index >= 15 is 0 Å². The van der Waals surface area contributed by atoms with E-state index in [9.17, 15) is 0 Å². The molecule has 0 aromatic heterocycles. The molecule has 0 aliphatic heterocycles. The number of hydrogen-bond donors (Lipinski definition) is 0. The van der Waals surface area contributed by atoms with Gasteiger partial charge in [0.05, 0.1) is 0 Å². The highest BCUT2D eigenvalue weighted by molar-refractivity contribution is 5.28. The lowest BCUT2D eigenvalue weighted by Crippen LogP contribution is -2.14. The SMILES string of the molecule is CCCCCC1CCC(c2ccc(C3CCC(CC)CC3)cc2)CC1. The number of rotatable bonds is 7. The van der Waals surface area contributed by atoms with Crippen molar-refractivity contribution in [3.63, 3.8) is 0 Å². The van der Waals surface area contributed by atoms with E-state index < -0.39 is 0 Å². The molecule has 0 N–H and O–H groups in total. The summed E-state index contributed by atoms with van der Waals surface area (Å²) in [6.45, 7) is 4.67. The van der Waals surface area contributed by atoms with Gasteiger partial charge in [0.15, 0.2) is 0 Å².